The molecule has 1 aromatic rings. The predicted molar refractivity (Wildman–Crippen MR) is 63.6 cm³/mol. The van der Waals surface area contributed by atoms with Crippen molar-refractivity contribution in [1.82, 2.24) is 4.90 Å². The molecule has 0 radical (unpaired) electrons. The van der Waals surface area contributed by atoms with Gasteiger partial charge in [-0.2, -0.15) is 0 Å². The van der Waals surface area contributed by atoms with Gasteiger partial charge in [0.2, 0.25) is 5.91 Å². The molecule has 0 heterocycles. The summed E-state index contributed by atoms with van der Waals surface area (Å²) in [6.45, 7) is 0.831. The average Bonchev–Trinajstić information content (AvgIpc) is 3.09. The molecule has 1 amide bonds. The number of carbonyl (C=O) groups excluding carboxylic acids is 1. The lowest BCUT2D eigenvalue weighted by molar-refractivity contribution is -0.135. The predicted octanol–water partition coefficient (Wildman–Crippen LogP) is 1.52. The van der Waals surface area contributed by atoms with Crippen LogP contribution in [0.4, 0.5) is 4.39 Å². The van der Waals surface area contributed by atoms with E-state index in [0.717, 1.165) is 18.4 Å². The van der Waals surface area contributed by atoms with E-state index in [-0.39, 0.29) is 17.1 Å². The van der Waals surface area contributed by atoms with Gasteiger partial charge in [0.25, 0.3) is 0 Å². The van der Waals surface area contributed by atoms with E-state index in [0.29, 0.717) is 13.1 Å². The first-order valence-corrected chi connectivity index (χ1v) is 5.77. The second-order valence-electron chi connectivity index (χ2n) is 4.78. The van der Waals surface area contributed by atoms with Crippen LogP contribution in [0.2, 0.25) is 0 Å². The maximum atomic E-state index is 13.0. The number of nitrogens with zero attached hydrogens (tertiary/aromatic N) is 1. The first-order chi connectivity index (χ1) is 8.07. The molecule has 92 valence electrons. The first kappa shape index (κ1) is 12.0. The summed E-state index contributed by atoms with van der Waals surface area (Å²) in [4.78, 5) is 13.7. The van der Waals surface area contributed by atoms with Crippen molar-refractivity contribution in [3.05, 3.63) is 35.6 Å². The van der Waals surface area contributed by atoms with Crippen LogP contribution in [0.15, 0.2) is 24.3 Å². The van der Waals surface area contributed by atoms with Crippen LogP contribution < -0.4 is 5.73 Å². The largest absolute Gasteiger partial charge is 0.341 e. The Kier molecular flexibility index (Phi) is 3.15. The molecule has 0 spiro atoms. The van der Waals surface area contributed by atoms with Crippen LogP contribution in [0.5, 0.6) is 0 Å². The van der Waals surface area contributed by atoms with Crippen molar-refractivity contribution in [2.24, 2.45) is 11.1 Å². The number of halogens is 1. The van der Waals surface area contributed by atoms with Crippen molar-refractivity contribution < 1.29 is 9.18 Å². The number of rotatable bonds is 4. The number of hydrogen-bond donors (Lipinski definition) is 1. The van der Waals surface area contributed by atoms with Crippen molar-refractivity contribution >= 4 is 5.91 Å². The highest BCUT2D eigenvalue weighted by atomic mass is 19.1. The number of nitrogens with two attached hydrogens (primary N) is 1. The number of benzene rings is 1. The molecule has 4 heteroatoms. The molecule has 2 rings (SSSR count). The summed E-state index contributed by atoms with van der Waals surface area (Å²) < 4.78 is 13.0. The van der Waals surface area contributed by atoms with Gasteiger partial charge in [-0.25, -0.2) is 4.39 Å². The topological polar surface area (TPSA) is 46.3 Å². The fourth-order valence-electron chi connectivity index (χ4n) is 2.04. The molecule has 0 atom stereocenters. The Morgan fingerprint density at radius 1 is 1.53 bits per heavy atom. The Bertz CT molecular complexity index is 429. The molecule has 1 aromatic carbocycles. The zero-order valence-electron chi connectivity index (χ0n) is 9.95. The monoisotopic (exact) mass is 236 g/mol. The maximum absolute atomic E-state index is 13.0. The second-order valence-corrected chi connectivity index (χ2v) is 4.78. The molecule has 0 bridgehead atoms. The fraction of sp³-hybridized carbons (Fsp3) is 0.462. The van der Waals surface area contributed by atoms with Crippen molar-refractivity contribution in [1.29, 1.82) is 0 Å². The van der Waals surface area contributed by atoms with Crippen molar-refractivity contribution in [3.63, 3.8) is 0 Å². The molecule has 1 fully saturated rings. The van der Waals surface area contributed by atoms with E-state index in [4.69, 9.17) is 5.73 Å². The molecular formula is C13H17FN2O. The van der Waals surface area contributed by atoms with Gasteiger partial charge in [0.05, 0.1) is 5.41 Å². The Balaban J connectivity index is 2.02. The average molecular weight is 236 g/mol. The molecule has 0 aromatic heterocycles. The van der Waals surface area contributed by atoms with Crippen molar-refractivity contribution in [2.75, 3.05) is 13.6 Å². The number of carbonyl (C=O) groups is 1. The molecule has 17 heavy (non-hydrogen) atoms. The summed E-state index contributed by atoms with van der Waals surface area (Å²) >= 11 is 0. The normalized spacial score (nSPS) is 16.6. The van der Waals surface area contributed by atoms with E-state index in [1.165, 1.54) is 12.1 Å². The van der Waals surface area contributed by atoms with E-state index >= 15 is 0 Å². The first-order valence-electron chi connectivity index (χ1n) is 5.77. The molecule has 0 aliphatic heterocycles. The van der Waals surface area contributed by atoms with Gasteiger partial charge in [0, 0.05) is 20.1 Å². The van der Waals surface area contributed by atoms with Crippen LogP contribution in [0.25, 0.3) is 0 Å². The van der Waals surface area contributed by atoms with Gasteiger partial charge in [0.1, 0.15) is 5.82 Å². The van der Waals surface area contributed by atoms with E-state index < -0.39 is 0 Å². The summed E-state index contributed by atoms with van der Waals surface area (Å²) in [7, 11) is 1.74. The van der Waals surface area contributed by atoms with Crippen LogP contribution in [-0.4, -0.2) is 24.4 Å². The van der Waals surface area contributed by atoms with Crippen LogP contribution in [-0.2, 0) is 11.3 Å². The lowest BCUT2D eigenvalue weighted by Gasteiger charge is -2.22. The minimum absolute atomic E-state index is 0.0734. The van der Waals surface area contributed by atoms with E-state index in [1.807, 2.05) is 6.07 Å². The third-order valence-electron chi connectivity index (χ3n) is 3.35. The Morgan fingerprint density at radius 3 is 2.76 bits per heavy atom. The lowest BCUT2D eigenvalue weighted by Crippen LogP contribution is -2.37. The third-order valence-corrected chi connectivity index (χ3v) is 3.35. The molecule has 2 N–H and O–H groups in total. The van der Waals surface area contributed by atoms with Crippen LogP contribution in [0.1, 0.15) is 18.4 Å². The molecule has 0 unspecified atom stereocenters. The second kappa shape index (κ2) is 4.45. The summed E-state index contributed by atoms with van der Waals surface area (Å²) in [6.07, 6.45) is 1.74. The molecule has 1 aliphatic carbocycles. The zero-order valence-corrected chi connectivity index (χ0v) is 9.95. The zero-order chi connectivity index (χ0) is 12.5. The summed E-state index contributed by atoms with van der Waals surface area (Å²) in [5.41, 5.74) is 6.09. The van der Waals surface area contributed by atoms with Crippen molar-refractivity contribution in [3.8, 4) is 0 Å². The van der Waals surface area contributed by atoms with Gasteiger partial charge in [0.15, 0.2) is 0 Å². The standard InChI is InChI=1S/C13H17FN2O/c1-16(12(17)13(9-15)5-6-13)8-10-3-2-4-11(14)7-10/h2-4,7H,5-6,8-9,15H2,1H3. The minimum Gasteiger partial charge on any atom is -0.341 e. The van der Waals surface area contributed by atoms with Gasteiger partial charge in [-0.15, -0.1) is 0 Å². The minimum atomic E-state index is -0.331. The molecule has 1 saturated carbocycles. The van der Waals surface area contributed by atoms with Gasteiger partial charge in [-0.05, 0) is 30.5 Å². The number of hydrogen-bond acceptors (Lipinski definition) is 2. The van der Waals surface area contributed by atoms with Crippen LogP contribution in [0, 0.1) is 11.2 Å². The van der Waals surface area contributed by atoms with Gasteiger partial charge in [-0.1, -0.05) is 12.1 Å². The van der Waals surface area contributed by atoms with Crippen LogP contribution >= 0.6 is 0 Å². The lowest BCUT2D eigenvalue weighted by atomic mass is 10.1. The summed E-state index contributed by atoms with van der Waals surface area (Å²) in [6, 6.07) is 6.31. The highest BCUT2D eigenvalue weighted by Crippen LogP contribution is 2.46. The Hall–Kier alpha value is -1.42. The Morgan fingerprint density at radius 2 is 2.24 bits per heavy atom. The van der Waals surface area contributed by atoms with E-state index in [2.05, 4.69) is 0 Å². The van der Waals surface area contributed by atoms with Gasteiger partial charge in [-0.3, -0.25) is 4.79 Å². The summed E-state index contributed by atoms with van der Waals surface area (Å²) in [5, 5.41) is 0. The van der Waals surface area contributed by atoms with E-state index in [9.17, 15) is 9.18 Å². The molecule has 1 aliphatic rings. The molecule has 0 saturated heterocycles. The maximum Gasteiger partial charge on any atom is 0.230 e. The summed E-state index contributed by atoms with van der Waals surface area (Å²) in [5.74, 6) is -0.201. The quantitative estimate of drug-likeness (QED) is 0.861. The van der Waals surface area contributed by atoms with Crippen LogP contribution in [0.3, 0.4) is 0 Å². The third kappa shape index (κ3) is 2.47. The highest BCUT2D eigenvalue weighted by Gasteiger charge is 2.49. The molecule has 3 nitrogen and oxygen atoms in total. The Labute approximate surface area is 100 Å². The fourth-order valence-corrected chi connectivity index (χ4v) is 2.04. The molecular weight excluding hydrogens is 219 g/mol. The van der Waals surface area contributed by atoms with Gasteiger partial charge < -0.3 is 10.6 Å². The number of amides is 1. The van der Waals surface area contributed by atoms with Crippen molar-refractivity contribution in [2.45, 2.75) is 19.4 Å². The smallest absolute Gasteiger partial charge is 0.230 e. The van der Waals surface area contributed by atoms with E-state index in [1.54, 1.807) is 18.0 Å². The SMILES string of the molecule is CN(Cc1cccc(F)c1)C(=O)C1(CN)CC1. The van der Waals surface area contributed by atoms with Gasteiger partial charge >= 0.3 is 0 Å². The highest BCUT2D eigenvalue weighted by molar-refractivity contribution is 5.85.